The van der Waals surface area contributed by atoms with E-state index < -0.39 is 17.7 Å². The van der Waals surface area contributed by atoms with E-state index >= 15 is 0 Å². The molecule has 4 aromatic rings. The highest BCUT2D eigenvalue weighted by atomic mass is 32.1. The fraction of sp³-hybridized carbons (Fsp3) is 0.207. The molecular weight excluding hydrogens is 472 g/mol. The molecule has 1 saturated heterocycles. The lowest BCUT2D eigenvalue weighted by Gasteiger charge is -2.23. The van der Waals surface area contributed by atoms with E-state index in [0.717, 1.165) is 44.6 Å². The highest BCUT2D eigenvalue weighted by Gasteiger charge is 2.48. The summed E-state index contributed by atoms with van der Waals surface area (Å²) >= 11 is 1.37. The summed E-state index contributed by atoms with van der Waals surface area (Å²) < 4.78 is 6.73. The van der Waals surface area contributed by atoms with Crippen LogP contribution in [0, 0.1) is 13.8 Å². The zero-order valence-corrected chi connectivity index (χ0v) is 20.9. The number of thiazole rings is 1. The molecule has 0 aliphatic carbocycles. The summed E-state index contributed by atoms with van der Waals surface area (Å²) in [4.78, 5) is 33.1. The van der Waals surface area contributed by atoms with Crippen LogP contribution in [-0.2, 0) is 16.0 Å². The molecule has 0 radical (unpaired) electrons. The Kier molecular flexibility index (Phi) is 5.19. The number of aliphatic hydroxyl groups is 1. The topological polar surface area (TPSA) is 79.7 Å². The molecule has 1 fully saturated rings. The number of hydrogen-bond acceptors (Lipinski definition) is 6. The van der Waals surface area contributed by atoms with Crippen LogP contribution >= 0.6 is 11.3 Å². The van der Waals surface area contributed by atoms with E-state index in [9.17, 15) is 14.7 Å². The summed E-state index contributed by atoms with van der Waals surface area (Å²) in [6, 6.07) is 18.0. The number of rotatable bonds is 3. The van der Waals surface area contributed by atoms with Crippen LogP contribution in [0.25, 0.3) is 16.0 Å². The number of aliphatic hydroxyl groups excluding tert-OH is 1. The minimum atomic E-state index is -0.795. The number of carbonyl (C=O) groups is 2. The molecule has 2 aliphatic heterocycles. The Balaban J connectivity index is 1.54. The molecule has 2 aliphatic rings. The Morgan fingerprint density at radius 1 is 1.08 bits per heavy atom. The monoisotopic (exact) mass is 496 g/mol. The van der Waals surface area contributed by atoms with Gasteiger partial charge in [-0.3, -0.25) is 14.5 Å². The summed E-state index contributed by atoms with van der Waals surface area (Å²) in [6.45, 7) is 5.99. The molecule has 3 heterocycles. The maximum atomic E-state index is 13.5. The molecule has 1 aromatic heterocycles. The number of hydrogen-bond donors (Lipinski definition) is 1. The molecule has 0 bridgehead atoms. The van der Waals surface area contributed by atoms with Crippen LogP contribution in [0.3, 0.4) is 0 Å². The predicted octanol–water partition coefficient (Wildman–Crippen LogP) is 5.86. The lowest BCUT2D eigenvalue weighted by molar-refractivity contribution is -0.132. The van der Waals surface area contributed by atoms with Gasteiger partial charge < -0.3 is 9.84 Å². The van der Waals surface area contributed by atoms with Gasteiger partial charge in [-0.1, -0.05) is 47.7 Å². The van der Waals surface area contributed by atoms with Gasteiger partial charge in [0.1, 0.15) is 17.6 Å². The van der Waals surface area contributed by atoms with Crippen molar-refractivity contribution >= 4 is 44.1 Å². The highest BCUT2D eigenvalue weighted by Crippen LogP contribution is 2.45. The zero-order chi connectivity index (χ0) is 25.1. The van der Waals surface area contributed by atoms with Crippen LogP contribution in [0.2, 0.25) is 0 Å². The molecule has 0 saturated carbocycles. The van der Waals surface area contributed by atoms with Crippen LogP contribution < -0.4 is 9.64 Å². The van der Waals surface area contributed by atoms with Gasteiger partial charge in [0, 0.05) is 12.0 Å². The molecule has 1 amide bonds. The minimum absolute atomic E-state index is 0.0541. The predicted molar refractivity (Wildman–Crippen MR) is 141 cm³/mol. The van der Waals surface area contributed by atoms with E-state index in [2.05, 4.69) is 0 Å². The molecule has 1 N–H and O–H groups in total. The molecular formula is C29H24N2O4S. The number of ether oxygens (including phenoxy) is 1. The molecule has 6 nitrogen and oxygen atoms in total. The summed E-state index contributed by atoms with van der Waals surface area (Å²) in [5.74, 6) is -0.838. The number of nitrogens with zero attached hydrogens (tertiary/aromatic N) is 2. The van der Waals surface area contributed by atoms with Crippen molar-refractivity contribution in [2.24, 2.45) is 0 Å². The first-order chi connectivity index (χ1) is 17.3. The van der Waals surface area contributed by atoms with E-state index in [0.29, 0.717) is 10.7 Å². The normalized spacial score (nSPS) is 20.7. The quantitative estimate of drug-likeness (QED) is 0.218. The first kappa shape index (κ1) is 22.5. The van der Waals surface area contributed by atoms with Crippen molar-refractivity contribution in [2.45, 2.75) is 39.3 Å². The number of Topliss-reactive ketones (excluding diaryl/α,β-unsaturated/α-hetero) is 1. The summed E-state index contributed by atoms with van der Waals surface area (Å²) in [7, 11) is 0. The Morgan fingerprint density at radius 3 is 2.64 bits per heavy atom. The fourth-order valence-corrected chi connectivity index (χ4v) is 6.34. The molecule has 180 valence electrons. The van der Waals surface area contributed by atoms with E-state index in [1.165, 1.54) is 16.2 Å². The first-order valence-electron chi connectivity index (χ1n) is 11.9. The summed E-state index contributed by atoms with van der Waals surface area (Å²) in [5.41, 5.74) is 5.16. The lowest BCUT2D eigenvalue weighted by atomic mass is 9.94. The van der Waals surface area contributed by atoms with Crippen molar-refractivity contribution in [2.75, 3.05) is 4.90 Å². The fourth-order valence-electron chi connectivity index (χ4n) is 5.17. The third-order valence-corrected chi connectivity index (χ3v) is 7.76. The average molecular weight is 497 g/mol. The third kappa shape index (κ3) is 3.50. The Labute approximate surface area is 212 Å². The van der Waals surface area contributed by atoms with E-state index in [4.69, 9.17) is 9.72 Å². The van der Waals surface area contributed by atoms with Crippen molar-refractivity contribution in [1.82, 2.24) is 4.98 Å². The van der Waals surface area contributed by atoms with Crippen LogP contribution in [-0.4, -0.2) is 27.9 Å². The Hall–Kier alpha value is -3.97. The largest absolute Gasteiger partial charge is 0.507 e. The molecule has 36 heavy (non-hydrogen) atoms. The molecule has 0 spiro atoms. The number of aryl methyl sites for hydroxylation is 2. The highest BCUT2D eigenvalue weighted by molar-refractivity contribution is 7.22. The molecule has 0 unspecified atom stereocenters. The van der Waals surface area contributed by atoms with E-state index in [1.54, 1.807) is 12.1 Å². The van der Waals surface area contributed by atoms with Gasteiger partial charge in [-0.15, -0.1) is 0 Å². The zero-order valence-electron chi connectivity index (χ0n) is 20.1. The number of ketones is 1. The van der Waals surface area contributed by atoms with Gasteiger partial charge in [0.05, 0.1) is 21.8 Å². The van der Waals surface area contributed by atoms with Gasteiger partial charge in [0.2, 0.25) is 0 Å². The summed E-state index contributed by atoms with van der Waals surface area (Å²) in [5, 5.41) is 11.9. The molecule has 3 aromatic carbocycles. The number of amides is 1. The third-order valence-electron chi connectivity index (χ3n) is 6.75. The van der Waals surface area contributed by atoms with Crippen molar-refractivity contribution in [1.29, 1.82) is 0 Å². The van der Waals surface area contributed by atoms with Gasteiger partial charge in [-0.25, -0.2) is 4.98 Å². The van der Waals surface area contributed by atoms with Crippen molar-refractivity contribution in [3.8, 4) is 5.75 Å². The van der Waals surface area contributed by atoms with Crippen LogP contribution in [0.5, 0.6) is 5.75 Å². The molecule has 7 heteroatoms. The maximum Gasteiger partial charge on any atom is 0.301 e. The minimum Gasteiger partial charge on any atom is -0.507 e. The van der Waals surface area contributed by atoms with E-state index in [1.807, 2.05) is 69.3 Å². The van der Waals surface area contributed by atoms with Gasteiger partial charge >= 0.3 is 5.91 Å². The second kappa shape index (κ2) is 8.31. The number of carbonyl (C=O) groups excluding carboxylic acids is 2. The number of aromatic nitrogens is 1. The van der Waals surface area contributed by atoms with Crippen molar-refractivity contribution < 1.29 is 19.4 Å². The van der Waals surface area contributed by atoms with Gasteiger partial charge in [0.25, 0.3) is 5.78 Å². The van der Waals surface area contributed by atoms with Gasteiger partial charge in [-0.2, -0.15) is 0 Å². The second-order valence-electron chi connectivity index (χ2n) is 9.46. The van der Waals surface area contributed by atoms with Gasteiger partial charge in [0.15, 0.2) is 5.13 Å². The Morgan fingerprint density at radius 2 is 1.86 bits per heavy atom. The lowest BCUT2D eigenvalue weighted by Crippen LogP contribution is -2.29. The Bertz CT molecular complexity index is 1590. The van der Waals surface area contributed by atoms with E-state index in [-0.39, 0.29) is 17.4 Å². The van der Waals surface area contributed by atoms with Crippen LogP contribution in [0.4, 0.5) is 5.13 Å². The van der Waals surface area contributed by atoms with Gasteiger partial charge in [-0.05, 0) is 67.3 Å². The van der Waals surface area contributed by atoms with Crippen LogP contribution in [0.1, 0.15) is 40.8 Å². The number of anilines is 1. The van der Waals surface area contributed by atoms with Crippen molar-refractivity contribution in [3.05, 3.63) is 94.1 Å². The number of fused-ring (bicyclic) bond motifs is 2. The molecule has 2 atom stereocenters. The standard InChI is InChI=1S/C29H24N2O4S/c1-15-11-16(2)24-22(12-15)36-29(30-24)31-25(18-7-5-4-6-8-18)23(27(33)28(31)34)26(32)19-9-10-21-20(14-19)13-17(3)35-21/h4-12,14,17,25,32H,13H2,1-3H3/b26-23+/t17-,25+/m0/s1. The smallest absolute Gasteiger partial charge is 0.301 e. The second-order valence-corrected chi connectivity index (χ2v) is 10.5. The maximum absolute atomic E-state index is 13.5. The van der Waals surface area contributed by atoms with Crippen molar-refractivity contribution in [3.63, 3.8) is 0 Å². The SMILES string of the molecule is Cc1cc(C)c2nc(N3C(=O)C(=O)/C(=C(/O)c4ccc5c(c4)C[C@H](C)O5)[C@H]3c3ccccc3)sc2c1. The molecule has 6 rings (SSSR count). The average Bonchev–Trinajstić information content (AvgIpc) is 3.52. The first-order valence-corrected chi connectivity index (χ1v) is 12.7. The summed E-state index contributed by atoms with van der Waals surface area (Å²) in [6.07, 6.45) is 0.774. The number of benzene rings is 3. The van der Waals surface area contributed by atoms with Crippen LogP contribution in [0.15, 0.2) is 66.2 Å².